The second kappa shape index (κ2) is 8.67. The Labute approximate surface area is 180 Å². The number of nitrogens with zero attached hydrogens (tertiary/aromatic N) is 2. The predicted molar refractivity (Wildman–Crippen MR) is 115 cm³/mol. The van der Waals surface area contributed by atoms with Crippen molar-refractivity contribution in [1.82, 2.24) is 4.90 Å². The van der Waals surface area contributed by atoms with E-state index in [1.807, 2.05) is 30.3 Å². The van der Waals surface area contributed by atoms with Gasteiger partial charge in [0.05, 0.1) is 24.0 Å². The third-order valence-corrected chi connectivity index (χ3v) is 5.71. The number of nitrogens with one attached hydrogen (secondary N) is 1. The van der Waals surface area contributed by atoms with E-state index in [9.17, 15) is 14.4 Å². The second-order valence-electron chi connectivity index (χ2n) is 7.71. The summed E-state index contributed by atoms with van der Waals surface area (Å²) in [7, 11) is 3.22. The van der Waals surface area contributed by atoms with Crippen LogP contribution in [0, 0.1) is 0 Å². The Kier molecular flexibility index (Phi) is 5.79. The average Bonchev–Trinajstić information content (AvgIpc) is 3.28. The number of methoxy groups -OCH3 is 1. The fourth-order valence-electron chi connectivity index (χ4n) is 4.06. The zero-order valence-corrected chi connectivity index (χ0v) is 17.6. The Hall–Kier alpha value is -3.55. The summed E-state index contributed by atoms with van der Waals surface area (Å²) < 4.78 is 10.5. The highest BCUT2D eigenvalue weighted by Gasteiger charge is 2.36. The molecule has 4 rings (SSSR count). The predicted octanol–water partition coefficient (Wildman–Crippen LogP) is 2.43. The average molecular weight is 423 g/mol. The lowest BCUT2D eigenvalue weighted by Crippen LogP contribution is -2.43. The molecule has 2 heterocycles. The molecule has 0 bridgehead atoms. The number of para-hydroxylation sites is 1. The van der Waals surface area contributed by atoms with E-state index in [2.05, 4.69) is 10.2 Å². The molecule has 1 N–H and O–H groups in total. The molecule has 0 spiro atoms. The van der Waals surface area contributed by atoms with Gasteiger partial charge in [-0.2, -0.15) is 0 Å². The van der Waals surface area contributed by atoms with Gasteiger partial charge in [-0.05, 0) is 37.1 Å². The largest absolute Gasteiger partial charge is 0.496 e. The van der Waals surface area contributed by atoms with Crippen LogP contribution in [-0.2, 0) is 20.9 Å². The van der Waals surface area contributed by atoms with Crippen LogP contribution in [0.3, 0.4) is 0 Å². The summed E-state index contributed by atoms with van der Waals surface area (Å²) in [6.07, 6.45) is 1.80. The SMILES string of the molecule is COc1ccccc1CN(C)C(=O)COC(=O)c1ccc2c(c1)NC(=O)[C@@H]1CCCN21. The van der Waals surface area contributed by atoms with E-state index in [0.717, 1.165) is 30.6 Å². The number of ether oxygens (including phenoxy) is 2. The number of amides is 2. The number of likely N-dealkylation sites (N-methyl/N-ethyl adjacent to an activating group) is 1. The number of carbonyl (C=O) groups excluding carboxylic acids is 3. The summed E-state index contributed by atoms with van der Waals surface area (Å²) in [5.74, 6) is -0.302. The molecular formula is C23H25N3O5. The Balaban J connectivity index is 1.37. The van der Waals surface area contributed by atoms with Gasteiger partial charge in [-0.25, -0.2) is 4.79 Å². The molecule has 1 fully saturated rings. The molecule has 0 aliphatic carbocycles. The Morgan fingerprint density at radius 2 is 2.03 bits per heavy atom. The summed E-state index contributed by atoms with van der Waals surface area (Å²) in [5, 5.41) is 2.87. The third-order valence-electron chi connectivity index (χ3n) is 5.71. The molecule has 2 aliphatic heterocycles. The fraction of sp³-hybridized carbons (Fsp3) is 0.348. The zero-order valence-electron chi connectivity index (χ0n) is 17.6. The minimum Gasteiger partial charge on any atom is -0.496 e. The third kappa shape index (κ3) is 4.19. The van der Waals surface area contributed by atoms with Crippen LogP contribution < -0.4 is 15.0 Å². The van der Waals surface area contributed by atoms with Crippen molar-refractivity contribution in [3.8, 4) is 5.75 Å². The second-order valence-corrected chi connectivity index (χ2v) is 7.71. The van der Waals surface area contributed by atoms with E-state index in [-0.39, 0.29) is 30.0 Å². The lowest BCUT2D eigenvalue weighted by Gasteiger charge is -2.33. The molecule has 31 heavy (non-hydrogen) atoms. The molecular weight excluding hydrogens is 398 g/mol. The lowest BCUT2D eigenvalue weighted by molar-refractivity contribution is -0.133. The first-order valence-corrected chi connectivity index (χ1v) is 10.2. The highest BCUT2D eigenvalue weighted by atomic mass is 16.5. The van der Waals surface area contributed by atoms with E-state index in [1.165, 1.54) is 4.90 Å². The fourth-order valence-corrected chi connectivity index (χ4v) is 4.06. The normalized spacial score (nSPS) is 16.8. The van der Waals surface area contributed by atoms with Crippen molar-refractivity contribution in [2.75, 3.05) is 37.5 Å². The number of fused-ring (bicyclic) bond motifs is 3. The van der Waals surface area contributed by atoms with Crippen molar-refractivity contribution in [1.29, 1.82) is 0 Å². The van der Waals surface area contributed by atoms with Gasteiger partial charge in [-0.3, -0.25) is 9.59 Å². The summed E-state index contributed by atoms with van der Waals surface area (Å²) in [6, 6.07) is 12.4. The van der Waals surface area contributed by atoms with Gasteiger partial charge in [0.1, 0.15) is 11.8 Å². The summed E-state index contributed by atoms with van der Waals surface area (Å²) in [6.45, 7) is 0.784. The van der Waals surface area contributed by atoms with E-state index >= 15 is 0 Å². The highest BCUT2D eigenvalue weighted by Crippen LogP contribution is 2.37. The van der Waals surface area contributed by atoms with E-state index in [4.69, 9.17) is 9.47 Å². The minimum absolute atomic E-state index is 0.0522. The maximum absolute atomic E-state index is 12.5. The molecule has 0 unspecified atom stereocenters. The number of benzene rings is 2. The van der Waals surface area contributed by atoms with Crippen molar-refractivity contribution in [2.45, 2.75) is 25.4 Å². The number of rotatable bonds is 6. The molecule has 0 saturated carbocycles. The van der Waals surface area contributed by atoms with Gasteiger partial charge >= 0.3 is 5.97 Å². The standard InChI is InChI=1S/C23H25N3O5/c1-25(13-16-6-3-4-8-20(16)30-2)21(27)14-31-23(29)15-9-10-18-17(12-15)24-22(28)19-7-5-11-26(18)19/h3-4,6,8-10,12,19H,5,7,11,13-14H2,1-2H3,(H,24,28)/t19-/m0/s1. The first-order valence-electron chi connectivity index (χ1n) is 10.2. The molecule has 2 aliphatic rings. The topological polar surface area (TPSA) is 88.2 Å². The van der Waals surface area contributed by atoms with Crippen LogP contribution >= 0.6 is 0 Å². The molecule has 1 atom stereocenters. The van der Waals surface area contributed by atoms with Crippen LogP contribution in [0.25, 0.3) is 0 Å². The van der Waals surface area contributed by atoms with Gasteiger partial charge < -0.3 is 24.6 Å². The molecule has 162 valence electrons. The Morgan fingerprint density at radius 1 is 1.23 bits per heavy atom. The van der Waals surface area contributed by atoms with Gasteiger partial charge in [0, 0.05) is 25.7 Å². The number of hydrogen-bond acceptors (Lipinski definition) is 6. The smallest absolute Gasteiger partial charge is 0.338 e. The van der Waals surface area contributed by atoms with Crippen LogP contribution in [0.4, 0.5) is 11.4 Å². The lowest BCUT2D eigenvalue weighted by atomic mass is 10.1. The molecule has 1 saturated heterocycles. The highest BCUT2D eigenvalue weighted by molar-refractivity contribution is 6.05. The van der Waals surface area contributed by atoms with Gasteiger partial charge in [0.15, 0.2) is 6.61 Å². The molecule has 2 amide bonds. The first-order chi connectivity index (χ1) is 15.0. The van der Waals surface area contributed by atoms with Crippen molar-refractivity contribution in [3.63, 3.8) is 0 Å². The summed E-state index contributed by atoms with van der Waals surface area (Å²) in [5.41, 5.74) is 2.65. The summed E-state index contributed by atoms with van der Waals surface area (Å²) >= 11 is 0. The van der Waals surface area contributed by atoms with Crippen molar-refractivity contribution in [3.05, 3.63) is 53.6 Å². The van der Waals surface area contributed by atoms with Crippen molar-refractivity contribution in [2.24, 2.45) is 0 Å². The Morgan fingerprint density at radius 3 is 2.84 bits per heavy atom. The Bertz CT molecular complexity index is 1020. The van der Waals surface area contributed by atoms with E-state index in [1.54, 1.807) is 26.3 Å². The molecule has 8 nitrogen and oxygen atoms in total. The molecule has 0 radical (unpaired) electrons. The van der Waals surface area contributed by atoms with Gasteiger partial charge in [0.2, 0.25) is 5.91 Å². The van der Waals surface area contributed by atoms with Crippen LogP contribution in [-0.4, -0.2) is 56.0 Å². The number of carbonyl (C=O) groups is 3. The zero-order chi connectivity index (χ0) is 22.0. The van der Waals surface area contributed by atoms with Gasteiger partial charge in [-0.15, -0.1) is 0 Å². The van der Waals surface area contributed by atoms with Crippen LogP contribution in [0.2, 0.25) is 0 Å². The summed E-state index contributed by atoms with van der Waals surface area (Å²) in [4.78, 5) is 40.7. The van der Waals surface area contributed by atoms with Crippen molar-refractivity contribution >= 4 is 29.2 Å². The first kappa shape index (κ1) is 20.7. The quantitative estimate of drug-likeness (QED) is 0.718. The minimum atomic E-state index is -0.611. The van der Waals surface area contributed by atoms with Crippen LogP contribution in [0.1, 0.15) is 28.8 Å². The molecule has 2 aromatic carbocycles. The van der Waals surface area contributed by atoms with Crippen molar-refractivity contribution < 1.29 is 23.9 Å². The number of anilines is 2. The monoisotopic (exact) mass is 423 g/mol. The van der Waals surface area contributed by atoms with E-state index < -0.39 is 5.97 Å². The van der Waals surface area contributed by atoms with Crippen LogP contribution in [0.15, 0.2) is 42.5 Å². The molecule has 0 aromatic heterocycles. The maximum atomic E-state index is 12.5. The molecule has 2 aromatic rings. The van der Waals surface area contributed by atoms with E-state index in [0.29, 0.717) is 18.0 Å². The number of esters is 1. The van der Waals surface area contributed by atoms with Gasteiger partial charge in [-0.1, -0.05) is 18.2 Å². The number of hydrogen-bond donors (Lipinski definition) is 1. The van der Waals surface area contributed by atoms with Crippen LogP contribution in [0.5, 0.6) is 5.75 Å². The van der Waals surface area contributed by atoms with Gasteiger partial charge in [0.25, 0.3) is 5.91 Å². The molecule has 8 heteroatoms. The maximum Gasteiger partial charge on any atom is 0.338 e.